The van der Waals surface area contributed by atoms with Crippen molar-refractivity contribution >= 4 is 20.8 Å². The minimum absolute atomic E-state index is 0.0490. The number of nitrogens with zero attached hydrogens (tertiary/aromatic N) is 2. The molecule has 0 aromatic rings. The Morgan fingerprint density at radius 1 is 1.43 bits per heavy atom. The highest BCUT2D eigenvalue weighted by atomic mass is 32.8. The van der Waals surface area contributed by atoms with Crippen LogP contribution in [0.4, 0.5) is 0 Å². The highest BCUT2D eigenvalue weighted by Crippen LogP contribution is 2.33. The van der Waals surface area contributed by atoms with E-state index in [1.807, 2.05) is 0 Å². The van der Waals surface area contributed by atoms with Crippen LogP contribution in [-0.2, 0) is 25.6 Å². The van der Waals surface area contributed by atoms with Gasteiger partial charge in [0.25, 0.3) is 0 Å². The van der Waals surface area contributed by atoms with Gasteiger partial charge in [0.05, 0.1) is 6.61 Å². The zero-order chi connectivity index (χ0) is 10.2. The van der Waals surface area contributed by atoms with Crippen LogP contribution in [-0.4, -0.2) is 54.5 Å². The predicted octanol–water partition coefficient (Wildman–Crippen LogP) is 0.365. The summed E-state index contributed by atoms with van der Waals surface area (Å²) in [6, 6.07) is 0. The fourth-order valence-corrected chi connectivity index (χ4v) is 4.12. The van der Waals surface area contributed by atoms with E-state index in [2.05, 4.69) is 22.5 Å². The third-order valence-corrected chi connectivity index (χ3v) is 4.73. The molecule has 0 saturated carbocycles. The number of likely N-dealkylation sites (N-methyl/N-ethyl adjacent to an activating group) is 1. The van der Waals surface area contributed by atoms with Gasteiger partial charge in [0.15, 0.2) is 0 Å². The smallest absolute Gasteiger partial charge is 0.143 e. The highest BCUT2D eigenvalue weighted by molar-refractivity contribution is 8.27. The molecule has 0 aromatic heterocycles. The lowest BCUT2D eigenvalue weighted by Crippen LogP contribution is -2.55. The first-order chi connectivity index (χ1) is 6.64. The third kappa shape index (κ3) is 1.88. The summed E-state index contributed by atoms with van der Waals surface area (Å²) in [5.74, 6) is 0. The lowest BCUT2D eigenvalue weighted by molar-refractivity contribution is -0.0898. The fraction of sp³-hybridized carbons (Fsp3) is 1.00. The summed E-state index contributed by atoms with van der Waals surface area (Å²) >= 11 is 5.39. The molecule has 0 bridgehead atoms. The van der Waals surface area contributed by atoms with Crippen LogP contribution in [0.2, 0.25) is 0 Å². The maximum absolute atomic E-state index is 5.95. The van der Waals surface area contributed by atoms with Gasteiger partial charge in [-0.3, -0.25) is 0 Å². The van der Waals surface area contributed by atoms with Crippen molar-refractivity contribution in [3.8, 4) is 0 Å². The summed E-state index contributed by atoms with van der Waals surface area (Å²) in [6.07, 6.45) is 4.48. The molecule has 2 aliphatic heterocycles. The Kier molecular flexibility index (Phi) is 3.24. The largest absolute Gasteiger partial charge is 0.357 e. The lowest BCUT2D eigenvalue weighted by atomic mass is 10.0. The molecule has 5 heteroatoms. The van der Waals surface area contributed by atoms with E-state index in [4.69, 9.17) is 15.9 Å². The Balaban J connectivity index is 2.16. The molecule has 2 atom stereocenters. The van der Waals surface area contributed by atoms with Crippen LogP contribution in [0.5, 0.6) is 0 Å². The number of hydrogen-bond acceptors (Lipinski definition) is 3. The SMILES string of the molecule is CN1CCCC2(C1)OCCN2S(C)=S. The van der Waals surface area contributed by atoms with E-state index >= 15 is 0 Å². The van der Waals surface area contributed by atoms with Gasteiger partial charge in [0, 0.05) is 19.3 Å². The molecule has 2 heterocycles. The normalized spacial score (nSPS) is 37.9. The summed E-state index contributed by atoms with van der Waals surface area (Å²) < 4.78 is 8.32. The molecule has 82 valence electrons. The number of hydrogen-bond donors (Lipinski definition) is 0. The van der Waals surface area contributed by atoms with Crippen LogP contribution in [0.3, 0.4) is 0 Å². The first-order valence-corrected chi connectivity index (χ1v) is 7.59. The van der Waals surface area contributed by atoms with Gasteiger partial charge in [0.1, 0.15) is 5.72 Å². The zero-order valence-corrected chi connectivity index (χ0v) is 10.5. The number of piperidine rings is 1. The van der Waals surface area contributed by atoms with E-state index in [-0.39, 0.29) is 15.4 Å². The van der Waals surface area contributed by atoms with Crippen molar-refractivity contribution in [2.75, 3.05) is 39.5 Å². The second-order valence-electron chi connectivity index (χ2n) is 4.16. The molecule has 0 aliphatic carbocycles. The topological polar surface area (TPSA) is 15.7 Å². The second-order valence-corrected chi connectivity index (χ2v) is 6.90. The van der Waals surface area contributed by atoms with Crippen molar-refractivity contribution < 1.29 is 4.74 Å². The highest BCUT2D eigenvalue weighted by Gasteiger charge is 2.45. The standard InChI is InChI=1S/C9H18N2OS2/c1-10-5-3-4-9(8-10)11(14(2)13)6-7-12-9/h3-8H2,1-2H3. The van der Waals surface area contributed by atoms with E-state index < -0.39 is 0 Å². The van der Waals surface area contributed by atoms with Crippen LogP contribution in [0.15, 0.2) is 0 Å². The quantitative estimate of drug-likeness (QED) is 0.651. The third-order valence-electron chi connectivity index (χ3n) is 3.05. The van der Waals surface area contributed by atoms with Crippen molar-refractivity contribution in [2.45, 2.75) is 18.6 Å². The first-order valence-electron chi connectivity index (χ1n) is 5.08. The van der Waals surface area contributed by atoms with Gasteiger partial charge >= 0.3 is 0 Å². The molecule has 3 nitrogen and oxygen atoms in total. The average molecular weight is 234 g/mol. The van der Waals surface area contributed by atoms with Gasteiger partial charge in [-0.1, -0.05) is 9.64 Å². The van der Waals surface area contributed by atoms with Crippen molar-refractivity contribution in [2.24, 2.45) is 0 Å². The van der Waals surface area contributed by atoms with Gasteiger partial charge in [0.2, 0.25) is 0 Å². The predicted molar refractivity (Wildman–Crippen MR) is 62.8 cm³/mol. The van der Waals surface area contributed by atoms with Crippen molar-refractivity contribution in [1.29, 1.82) is 0 Å². The summed E-state index contributed by atoms with van der Waals surface area (Å²) in [5.41, 5.74) is -0.0490. The number of ether oxygens (including phenoxy) is 1. The monoisotopic (exact) mass is 234 g/mol. The van der Waals surface area contributed by atoms with Gasteiger partial charge in [-0.2, -0.15) is 0 Å². The Morgan fingerprint density at radius 2 is 2.21 bits per heavy atom. The van der Waals surface area contributed by atoms with Crippen LogP contribution < -0.4 is 0 Å². The minimum atomic E-state index is -0.0777. The molecular weight excluding hydrogens is 216 g/mol. The van der Waals surface area contributed by atoms with Crippen molar-refractivity contribution in [1.82, 2.24) is 9.21 Å². The molecular formula is C9H18N2OS2. The maximum atomic E-state index is 5.95. The molecule has 1 spiro atoms. The molecule has 14 heavy (non-hydrogen) atoms. The summed E-state index contributed by atoms with van der Waals surface area (Å²) in [5, 5.41) is 0. The minimum Gasteiger partial charge on any atom is -0.357 e. The lowest BCUT2D eigenvalue weighted by Gasteiger charge is -2.43. The molecule has 2 fully saturated rings. The van der Waals surface area contributed by atoms with Gasteiger partial charge < -0.3 is 9.64 Å². The molecule has 2 rings (SSSR count). The van der Waals surface area contributed by atoms with E-state index in [1.54, 1.807) is 0 Å². The first kappa shape index (κ1) is 11.0. The Labute approximate surface area is 93.1 Å². The number of likely N-dealkylation sites (tertiary alicyclic amines) is 1. The van der Waals surface area contributed by atoms with Crippen molar-refractivity contribution in [3.63, 3.8) is 0 Å². The summed E-state index contributed by atoms with van der Waals surface area (Å²) in [6.45, 7) is 4.06. The van der Waals surface area contributed by atoms with E-state index in [0.717, 1.165) is 26.1 Å². The van der Waals surface area contributed by atoms with Gasteiger partial charge in [-0.15, -0.1) is 0 Å². The van der Waals surface area contributed by atoms with Crippen LogP contribution in [0.1, 0.15) is 12.8 Å². The van der Waals surface area contributed by atoms with E-state index in [9.17, 15) is 0 Å². The van der Waals surface area contributed by atoms with Crippen LogP contribution in [0, 0.1) is 0 Å². The molecule has 2 unspecified atom stereocenters. The molecule has 0 radical (unpaired) electrons. The van der Waals surface area contributed by atoms with Crippen molar-refractivity contribution in [3.05, 3.63) is 0 Å². The van der Waals surface area contributed by atoms with E-state index in [0.29, 0.717) is 0 Å². The Hall–Kier alpha value is 0.450. The molecule has 0 amide bonds. The van der Waals surface area contributed by atoms with Gasteiger partial charge in [-0.25, -0.2) is 4.31 Å². The average Bonchev–Trinajstić information content (AvgIpc) is 2.48. The van der Waals surface area contributed by atoms with Gasteiger partial charge in [-0.05, 0) is 37.6 Å². The zero-order valence-electron chi connectivity index (χ0n) is 8.86. The summed E-state index contributed by atoms with van der Waals surface area (Å²) in [7, 11) is 2.09. The Morgan fingerprint density at radius 3 is 2.86 bits per heavy atom. The Bertz CT molecular complexity index is 249. The summed E-state index contributed by atoms with van der Waals surface area (Å²) in [4.78, 5) is 2.35. The van der Waals surface area contributed by atoms with Crippen LogP contribution >= 0.6 is 0 Å². The second kappa shape index (κ2) is 4.14. The molecule has 2 aliphatic rings. The van der Waals surface area contributed by atoms with Crippen LogP contribution in [0.25, 0.3) is 0 Å². The molecule has 0 N–H and O–H groups in total. The maximum Gasteiger partial charge on any atom is 0.143 e. The fourth-order valence-electron chi connectivity index (χ4n) is 2.48. The molecule has 2 saturated heterocycles. The molecule has 0 aromatic carbocycles. The van der Waals surface area contributed by atoms with E-state index in [1.165, 1.54) is 13.0 Å². The number of rotatable bonds is 1.